The third-order valence-corrected chi connectivity index (χ3v) is 8.41. The topological polar surface area (TPSA) is 89.6 Å². The summed E-state index contributed by atoms with van der Waals surface area (Å²) in [6.45, 7) is 0.620. The van der Waals surface area contributed by atoms with E-state index >= 15 is 0 Å². The van der Waals surface area contributed by atoms with Crippen LogP contribution in [0.1, 0.15) is 91.3 Å². The molecule has 0 radical (unpaired) electrons. The molecule has 4 saturated carbocycles. The summed E-state index contributed by atoms with van der Waals surface area (Å²) in [5.41, 5.74) is 8.35. The largest absolute Gasteiger partial charge is 0.493 e. The Morgan fingerprint density at radius 2 is 1.64 bits per heavy atom. The lowest BCUT2D eigenvalue weighted by molar-refractivity contribution is -0.118. The van der Waals surface area contributed by atoms with E-state index in [1.165, 1.54) is 44.1 Å². The van der Waals surface area contributed by atoms with Crippen LogP contribution < -0.4 is 10.5 Å². The molecule has 4 aliphatic rings. The van der Waals surface area contributed by atoms with Crippen molar-refractivity contribution in [2.75, 3.05) is 6.61 Å². The summed E-state index contributed by atoms with van der Waals surface area (Å²) in [4.78, 5) is 22.6. The van der Waals surface area contributed by atoms with Crippen molar-refractivity contribution >= 4 is 11.9 Å². The van der Waals surface area contributed by atoms with Crippen molar-refractivity contribution in [2.45, 2.75) is 69.6 Å². The molecule has 4 aliphatic carbocycles. The quantitative estimate of drug-likeness (QED) is 0.353. The summed E-state index contributed by atoms with van der Waals surface area (Å²) >= 11 is 0. The Morgan fingerprint density at radius 3 is 2.31 bits per heavy atom. The molecule has 6 rings (SSSR count). The van der Waals surface area contributed by atoms with Gasteiger partial charge in [-0.3, -0.25) is 4.79 Å². The predicted molar refractivity (Wildman–Crippen MR) is 139 cm³/mol. The average Bonchev–Trinajstić information content (AvgIpc) is 2.84. The van der Waals surface area contributed by atoms with E-state index in [2.05, 4.69) is 24.0 Å². The Labute approximate surface area is 213 Å². The molecule has 2 aromatic rings. The average molecular weight is 486 g/mol. The molecule has 36 heavy (non-hydrogen) atoms. The Balaban J connectivity index is 1.41. The SMILES string of the molecule is NC(=O)CCCCCOc1ccc(C#Cc2ccccc2C(=O)O)cc1C12CC3CC(CC(C3)C1)C2. The molecule has 188 valence electrons. The first-order valence-corrected chi connectivity index (χ1v) is 13.3. The molecular weight excluding hydrogens is 450 g/mol. The Bertz CT molecular complexity index is 1170. The van der Waals surface area contributed by atoms with Crippen molar-refractivity contribution in [3.63, 3.8) is 0 Å². The number of carboxylic acids is 1. The standard InChI is InChI=1S/C31H35NO4/c32-29(33)8-2-1-5-13-36-28-12-10-21(9-11-25-6-3-4-7-26(25)30(34)35)17-27(28)31-18-22-14-23(19-31)16-24(15-22)20-31/h3-4,6-7,10,12,17,22-24H,1-2,5,8,13-16,18-20H2,(H2,32,33)(H,34,35). The highest BCUT2D eigenvalue weighted by molar-refractivity contribution is 5.90. The van der Waals surface area contributed by atoms with E-state index in [4.69, 9.17) is 10.5 Å². The molecule has 3 N–H and O–H groups in total. The van der Waals surface area contributed by atoms with Crippen LogP contribution in [-0.4, -0.2) is 23.6 Å². The van der Waals surface area contributed by atoms with Gasteiger partial charge in [0.2, 0.25) is 5.91 Å². The number of hydrogen-bond donors (Lipinski definition) is 2. The number of aromatic carboxylic acids is 1. The summed E-state index contributed by atoms with van der Waals surface area (Å²) in [6.07, 6.45) is 10.8. The Kier molecular flexibility index (Phi) is 7.05. The third-order valence-electron chi connectivity index (χ3n) is 8.41. The number of primary amides is 1. The van der Waals surface area contributed by atoms with E-state index in [0.29, 0.717) is 18.6 Å². The van der Waals surface area contributed by atoms with Crippen molar-refractivity contribution in [2.24, 2.45) is 23.5 Å². The van der Waals surface area contributed by atoms with Crippen molar-refractivity contribution in [3.05, 3.63) is 64.7 Å². The molecule has 5 heteroatoms. The smallest absolute Gasteiger partial charge is 0.336 e. The molecule has 0 aromatic heterocycles. The molecule has 0 saturated heterocycles. The summed E-state index contributed by atoms with van der Waals surface area (Å²) in [6, 6.07) is 13.1. The van der Waals surface area contributed by atoms with Gasteiger partial charge in [-0.2, -0.15) is 0 Å². The van der Waals surface area contributed by atoms with Crippen LogP contribution in [0, 0.1) is 29.6 Å². The fraction of sp³-hybridized carbons (Fsp3) is 0.484. The first-order chi connectivity index (χ1) is 17.4. The second kappa shape index (κ2) is 10.4. The van der Waals surface area contributed by atoms with E-state index in [-0.39, 0.29) is 16.9 Å². The number of nitrogens with two attached hydrogens (primary N) is 1. The molecular formula is C31H35NO4. The molecule has 0 atom stereocenters. The minimum absolute atomic E-state index is 0.159. The zero-order chi connectivity index (χ0) is 25.1. The van der Waals surface area contributed by atoms with Crippen LogP contribution in [0.4, 0.5) is 0 Å². The van der Waals surface area contributed by atoms with Crippen molar-refractivity contribution in [1.29, 1.82) is 0 Å². The van der Waals surface area contributed by atoms with E-state index in [1.54, 1.807) is 18.2 Å². The van der Waals surface area contributed by atoms with E-state index < -0.39 is 5.97 Å². The van der Waals surface area contributed by atoms with Crippen LogP contribution in [-0.2, 0) is 10.2 Å². The van der Waals surface area contributed by atoms with Gasteiger partial charge in [-0.25, -0.2) is 4.79 Å². The van der Waals surface area contributed by atoms with Gasteiger partial charge in [0, 0.05) is 23.1 Å². The summed E-state index contributed by atoms with van der Waals surface area (Å²) in [7, 11) is 0. The third kappa shape index (κ3) is 5.28. The first-order valence-electron chi connectivity index (χ1n) is 13.3. The highest BCUT2D eigenvalue weighted by Gasteiger charge is 2.52. The fourth-order valence-corrected chi connectivity index (χ4v) is 7.27. The van der Waals surface area contributed by atoms with Crippen molar-refractivity contribution in [1.82, 2.24) is 0 Å². The van der Waals surface area contributed by atoms with Gasteiger partial charge in [0.25, 0.3) is 0 Å². The van der Waals surface area contributed by atoms with Gasteiger partial charge < -0.3 is 15.6 Å². The highest BCUT2D eigenvalue weighted by atomic mass is 16.5. The maximum atomic E-state index is 11.6. The van der Waals surface area contributed by atoms with Gasteiger partial charge in [0.05, 0.1) is 12.2 Å². The summed E-state index contributed by atoms with van der Waals surface area (Å²) in [5.74, 6) is 8.53. The van der Waals surface area contributed by atoms with Crippen molar-refractivity contribution in [3.8, 4) is 17.6 Å². The minimum atomic E-state index is -0.964. The second-order valence-corrected chi connectivity index (χ2v) is 11.1. The van der Waals surface area contributed by atoms with Gasteiger partial charge >= 0.3 is 5.97 Å². The number of hydrogen-bond acceptors (Lipinski definition) is 3. The number of ether oxygens (including phenoxy) is 1. The lowest BCUT2D eigenvalue weighted by atomic mass is 9.48. The first kappa shape index (κ1) is 24.4. The maximum Gasteiger partial charge on any atom is 0.336 e. The number of carboxylic acid groups (broad SMARTS) is 1. The zero-order valence-electron chi connectivity index (χ0n) is 20.8. The zero-order valence-corrected chi connectivity index (χ0v) is 20.8. The molecule has 2 aromatic carbocycles. The Morgan fingerprint density at radius 1 is 0.944 bits per heavy atom. The van der Waals surface area contributed by atoms with Gasteiger partial charge in [0.1, 0.15) is 5.75 Å². The molecule has 0 heterocycles. The van der Waals surface area contributed by atoms with Crippen LogP contribution >= 0.6 is 0 Å². The molecule has 0 unspecified atom stereocenters. The lowest BCUT2D eigenvalue weighted by Gasteiger charge is -2.57. The van der Waals surface area contributed by atoms with E-state index in [0.717, 1.165) is 48.3 Å². The minimum Gasteiger partial charge on any atom is -0.493 e. The van der Waals surface area contributed by atoms with Crippen molar-refractivity contribution < 1.29 is 19.4 Å². The fourth-order valence-electron chi connectivity index (χ4n) is 7.27. The lowest BCUT2D eigenvalue weighted by Crippen LogP contribution is -2.48. The molecule has 1 amide bonds. The summed E-state index contributed by atoms with van der Waals surface area (Å²) < 4.78 is 6.36. The van der Waals surface area contributed by atoms with Crippen LogP contribution in [0.3, 0.4) is 0 Å². The van der Waals surface area contributed by atoms with Crippen LogP contribution in [0.15, 0.2) is 42.5 Å². The number of amides is 1. The number of benzene rings is 2. The van der Waals surface area contributed by atoms with E-state index in [9.17, 15) is 14.7 Å². The maximum absolute atomic E-state index is 11.6. The normalized spacial score (nSPS) is 25.7. The molecule has 5 nitrogen and oxygen atoms in total. The van der Waals surface area contributed by atoms with Gasteiger partial charge in [0.15, 0.2) is 0 Å². The van der Waals surface area contributed by atoms with Crippen LogP contribution in [0.5, 0.6) is 5.75 Å². The monoisotopic (exact) mass is 485 g/mol. The van der Waals surface area contributed by atoms with E-state index in [1.807, 2.05) is 12.1 Å². The van der Waals surface area contributed by atoms with Gasteiger partial charge in [-0.05, 0) is 111 Å². The van der Waals surface area contributed by atoms with Crippen LogP contribution in [0.2, 0.25) is 0 Å². The molecule has 0 spiro atoms. The van der Waals surface area contributed by atoms with Gasteiger partial charge in [-0.1, -0.05) is 24.0 Å². The highest BCUT2D eigenvalue weighted by Crippen LogP contribution is 2.62. The second-order valence-electron chi connectivity index (χ2n) is 11.1. The molecule has 4 bridgehead atoms. The predicted octanol–water partition coefficient (Wildman–Crippen LogP) is 5.68. The van der Waals surface area contributed by atoms with Crippen LogP contribution in [0.25, 0.3) is 0 Å². The number of carbonyl (C=O) groups is 2. The molecule has 4 fully saturated rings. The number of rotatable bonds is 9. The molecule has 0 aliphatic heterocycles. The van der Waals surface area contributed by atoms with Gasteiger partial charge in [-0.15, -0.1) is 0 Å². The number of carbonyl (C=O) groups excluding carboxylic acids is 1. The summed E-state index contributed by atoms with van der Waals surface area (Å²) in [5, 5.41) is 9.50. The Hall–Kier alpha value is -3.26. The number of unbranched alkanes of at least 4 members (excludes halogenated alkanes) is 2.